The lowest BCUT2D eigenvalue weighted by Crippen LogP contribution is -2.45. The van der Waals surface area contributed by atoms with E-state index in [-0.39, 0.29) is 24.7 Å². The summed E-state index contributed by atoms with van der Waals surface area (Å²) in [5, 5.41) is 12.7. The second-order valence-corrected chi connectivity index (χ2v) is 13.5. The number of benzene rings is 4. The first-order chi connectivity index (χ1) is 23.6. The highest BCUT2D eigenvalue weighted by molar-refractivity contribution is 5.94. The molecule has 7 heteroatoms. The largest absolute Gasteiger partial charge is 0.392 e. The zero-order valence-corrected chi connectivity index (χ0v) is 27.7. The van der Waals surface area contributed by atoms with Crippen LogP contribution in [0.25, 0.3) is 11.1 Å². The van der Waals surface area contributed by atoms with Crippen LogP contribution in [0, 0.1) is 0 Å². The number of hydrogen-bond acceptors (Lipinski definition) is 6. The fourth-order valence-corrected chi connectivity index (χ4v) is 7.54. The number of nitrogens with zero attached hydrogens (tertiary/aromatic N) is 2. The predicted octanol–water partition coefficient (Wildman–Crippen LogP) is 6.88. The molecule has 4 aromatic rings. The third-order valence-corrected chi connectivity index (χ3v) is 10.2. The van der Waals surface area contributed by atoms with Crippen LogP contribution >= 0.6 is 0 Å². The van der Waals surface area contributed by atoms with Gasteiger partial charge in [-0.3, -0.25) is 9.69 Å². The van der Waals surface area contributed by atoms with Gasteiger partial charge in [0.25, 0.3) is 5.91 Å². The van der Waals surface area contributed by atoms with Crippen LogP contribution in [-0.4, -0.2) is 65.7 Å². The van der Waals surface area contributed by atoms with Crippen molar-refractivity contribution < 1.29 is 19.4 Å². The van der Waals surface area contributed by atoms with Crippen molar-refractivity contribution in [3.63, 3.8) is 0 Å². The van der Waals surface area contributed by atoms with E-state index in [1.54, 1.807) is 0 Å². The second kappa shape index (κ2) is 15.6. The Morgan fingerprint density at radius 3 is 2.27 bits per heavy atom. The Labute approximate surface area is 284 Å². The first kappa shape index (κ1) is 32.7. The summed E-state index contributed by atoms with van der Waals surface area (Å²) >= 11 is 0. The van der Waals surface area contributed by atoms with E-state index in [0.29, 0.717) is 18.2 Å². The molecule has 4 atom stereocenters. The third kappa shape index (κ3) is 7.88. The monoisotopic (exact) mass is 645 g/mol. The fourth-order valence-electron chi connectivity index (χ4n) is 7.54. The normalized spacial score (nSPS) is 23.4. The molecule has 3 aliphatic heterocycles. The Hall–Kier alpha value is -3.85. The van der Waals surface area contributed by atoms with Crippen molar-refractivity contribution in [2.24, 2.45) is 0 Å². The van der Waals surface area contributed by atoms with Gasteiger partial charge in [0.1, 0.15) is 0 Å². The van der Waals surface area contributed by atoms with Gasteiger partial charge in [-0.1, -0.05) is 91.0 Å². The molecule has 0 bridgehead atoms. The molecule has 48 heavy (non-hydrogen) atoms. The van der Waals surface area contributed by atoms with Gasteiger partial charge in [0.2, 0.25) is 0 Å². The molecule has 7 nitrogen and oxygen atoms in total. The van der Waals surface area contributed by atoms with E-state index >= 15 is 0 Å². The molecule has 4 aromatic carbocycles. The molecular formula is C41H47N3O4. The summed E-state index contributed by atoms with van der Waals surface area (Å²) in [7, 11) is 0. The number of nitrogens with one attached hydrogen (secondary N) is 1. The molecule has 3 saturated heterocycles. The SMILES string of the molecule is O=C(NCc1ccccc1-c1ccc(C2OC(CN3CCCC3CN3CCCC3)CC(c3ccc(CO)cc3)O2)cc1)c1ccccc1. The van der Waals surface area contributed by atoms with Gasteiger partial charge in [-0.2, -0.15) is 0 Å². The van der Waals surface area contributed by atoms with Crippen molar-refractivity contribution in [1.29, 1.82) is 0 Å². The average Bonchev–Trinajstić information content (AvgIpc) is 3.83. The zero-order valence-electron chi connectivity index (χ0n) is 27.7. The van der Waals surface area contributed by atoms with Crippen molar-refractivity contribution in [1.82, 2.24) is 15.1 Å². The predicted molar refractivity (Wildman–Crippen MR) is 188 cm³/mol. The molecule has 0 spiro atoms. The lowest BCUT2D eigenvalue weighted by Gasteiger charge is -2.39. The summed E-state index contributed by atoms with van der Waals surface area (Å²) in [6.45, 7) is 6.13. The van der Waals surface area contributed by atoms with Crippen molar-refractivity contribution in [2.45, 2.75) is 69.8 Å². The minimum absolute atomic E-state index is 0.0302. The number of likely N-dealkylation sites (tertiary alicyclic amines) is 2. The van der Waals surface area contributed by atoms with Gasteiger partial charge in [0, 0.05) is 43.2 Å². The number of ether oxygens (including phenoxy) is 2. The molecular weight excluding hydrogens is 598 g/mol. The summed E-state index contributed by atoms with van der Waals surface area (Å²) < 4.78 is 13.4. The minimum atomic E-state index is -0.486. The summed E-state index contributed by atoms with van der Waals surface area (Å²) in [4.78, 5) is 18.0. The van der Waals surface area contributed by atoms with Gasteiger partial charge in [0.05, 0.1) is 18.8 Å². The average molecular weight is 646 g/mol. The maximum atomic E-state index is 12.7. The number of carbonyl (C=O) groups is 1. The number of amides is 1. The van der Waals surface area contributed by atoms with E-state index in [0.717, 1.165) is 59.4 Å². The number of hydrogen-bond donors (Lipinski definition) is 2. The molecule has 1 amide bonds. The van der Waals surface area contributed by atoms with Crippen LogP contribution in [0.2, 0.25) is 0 Å². The fraction of sp³-hybridized carbons (Fsp3) is 0.390. The first-order valence-electron chi connectivity index (χ1n) is 17.6. The van der Waals surface area contributed by atoms with Crippen LogP contribution in [0.5, 0.6) is 0 Å². The van der Waals surface area contributed by atoms with Crippen LogP contribution in [0.4, 0.5) is 0 Å². The van der Waals surface area contributed by atoms with E-state index in [4.69, 9.17) is 9.47 Å². The Morgan fingerprint density at radius 2 is 1.50 bits per heavy atom. The lowest BCUT2D eigenvalue weighted by atomic mass is 9.97. The summed E-state index contributed by atoms with van der Waals surface area (Å²) in [5.74, 6) is -0.0845. The zero-order chi connectivity index (χ0) is 32.7. The Morgan fingerprint density at radius 1 is 0.771 bits per heavy atom. The van der Waals surface area contributed by atoms with Crippen molar-refractivity contribution in [3.8, 4) is 11.1 Å². The molecule has 0 aliphatic carbocycles. The van der Waals surface area contributed by atoms with Gasteiger partial charge in [-0.25, -0.2) is 0 Å². The number of aliphatic hydroxyl groups excluding tert-OH is 1. The van der Waals surface area contributed by atoms with Crippen molar-refractivity contribution in [2.75, 3.05) is 32.7 Å². The van der Waals surface area contributed by atoms with Gasteiger partial charge in [0.15, 0.2) is 6.29 Å². The molecule has 7 rings (SSSR count). The highest BCUT2D eigenvalue weighted by Crippen LogP contribution is 2.39. The van der Waals surface area contributed by atoms with Crippen LogP contribution < -0.4 is 5.32 Å². The van der Waals surface area contributed by atoms with E-state index in [2.05, 4.69) is 63.6 Å². The van der Waals surface area contributed by atoms with E-state index in [1.165, 1.54) is 38.8 Å². The molecule has 3 fully saturated rings. The molecule has 0 saturated carbocycles. The van der Waals surface area contributed by atoms with Crippen molar-refractivity contribution in [3.05, 3.63) is 131 Å². The van der Waals surface area contributed by atoms with Gasteiger partial charge in [-0.15, -0.1) is 0 Å². The Balaban J connectivity index is 1.07. The molecule has 4 unspecified atom stereocenters. The first-order valence-corrected chi connectivity index (χ1v) is 17.6. The standard InChI is InChI=1S/C41H47N3O4/c45-29-30-14-16-32(17-15-30)39-25-37(28-44-24-8-12-36(44)27-43-22-6-7-23-43)47-41(48-39)34-20-18-31(19-21-34)38-13-5-4-11-35(38)26-42-40(46)33-9-2-1-3-10-33/h1-5,9-11,13-21,36-37,39,41,45H,6-8,12,22-29H2,(H,42,46). The van der Waals surface area contributed by atoms with E-state index in [9.17, 15) is 9.90 Å². The summed E-state index contributed by atoms with van der Waals surface area (Å²) in [6.07, 6.45) is 5.40. The molecule has 2 N–H and O–H groups in total. The van der Waals surface area contributed by atoms with E-state index in [1.807, 2.05) is 54.6 Å². The second-order valence-electron chi connectivity index (χ2n) is 13.5. The molecule has 0 radical (unpaired) electrons. The molecule has 0 aromatic heterocycles. The lowest BCUT2D eigenvalue weighted by molar-refractivity contribution is -0.253. The molecule has 3 aliphatic rings. The molecule has 250 valence electrons. The van der Waals surface area contributed by atoms with Crippen LogP contribution in [-0.2, 0) is 22.6 Å². The minimum Gasteiger partial charge on any atom is -0.392 e. The van der Waals surface area contributed by atoms with Crippen molar-refractivity contribution >= 4 is 5.91 Å². The Bertz CT molecular complexity index is 1620. The maximum Gasteiger partial charge on any atom is 0.251 e. The maximum absolute atomic E-state index is 12.7. The smallest absolute Gasteiger partial charge is 0.251 e. The highest BCUT2D eigenvalue weighted by Gasteiger charge is 2.36. The summed E-state index contributed by atoms with van der Waals surface area (Å²) in [5.41, 5.74) is 6.87. The quantitative estimate of drug-likeness (QED) is 0.185. The van der Waals surface area contributed by atoms with Crippen LogP contribution in [0.15, 0.2) is 103 Å². The number of aliphatic hydroxyl groups is 1. The van der Waals surface area contributed by atoms with Crippen LogP contribution in [0.1, 0.15) is 77.1 Å². The van der Waals surface area contributed by atoms with Gasteiger partial charge >= 0.3 is 0 Å². The van der Waals surface area contributed by atoms with Gasteiger partial charge < -0.3 is 24.8 Å². The number of carbonyl (C=O) groups excluding carboxylic acids is 1. The number of rotatable bonds is 11. The summed E-state index contributed by atoms with van der Waals surface area (Å²) in [6, 6.07) is 34.7. The Kier molecular flexibility index (Phi) is 10.6. The van der Waals surface area contributed by atoms with Crippen LogP contribution in [0.3, 0.4) is 0 Å². The highest BCUT2D eigenvalue weighted by atomic mass is 16.7. The van der Waals surface area contributed by atoms with E-state index < -0.39 is 6.29 Å². The topological polar surface area (TPSA) is 74.3 Å². The molecule has 3 heterocycles. The van der Waals surface area contributed by atoms with Gasteiger partial charge in [-0.05, 0) is 85.3 Å². The third-order valence-electron chi connectivity index (χ3n) is 10.2.